The molecule has 0 bridgehead atoms. The summed E-state index contributed by atoms with van der Waals surface area (Å²) in [4.78, 5) is 4.05. The Labute approximate surface area is 64.2 Å². The summed E-state index contributed by atoms with van der Waals surface area (Å²) in [6.45, 7) is 1.67. The second-order valence-corrected chi connectivity index (χ2v) is 2.30. The van der Waals surface area contributed by atoms with Crippen LogP contribution in [0.4, 0.5) is 4.39 Å². The number of benzene rings is 1. The second kappa shape index (κ2) is 3.46. The molecule has 0 saturated heterocycles. The minimum Gasteiger partial charge on any atom is -0.251 e. The molecule has 0 aliphatic carbocycles. The summed E-state index contributed by atoms with van der Waals surface area (Å²) in [5.74, 6) is -0.293. The van der Waals surface area contributed by atoms with E-state index in [0.29, 0.717) is 0 Å². The average Bonchev–Trinajstić information content (AvgIpc) is 2.05. The predicted molar refractivity (Wildman–Crippen MR) is 38.5 cm³/mol. The largest absolute Gasteiger partial charge is 0.251 e. The third-order valence-corrected chi connectivity index (χ3v) is 1.50. The molecule has 1 N–H and O–H groups in total. The van der Waals surface area contributed by atoms with Gasteiger partial charge in [0.25, 0.3) is 0 Å². The van der Waals surface area contributed by atoms with Crippen molar-refractivity contribution in [1.29, 1.82) is 0 Å². The molecule has 0 heterocycles. The quantitative estimate of drug-likeness (QED) is 0.526. The number of halogens is 1. The van der Waals surface area contributed by atoms with Crippen molar-refractivity contribution in [2.45, 2.75) is 13.0 Å². The van der Waals surface area contributed by atoms with Crippen molar-refractivity contribution in [3.8, 4) is 0 Å². The zero-order valence-corrected chi connectivity index (χ0v) is 6.12. The van der Waals surface area contributed by atoms with Gasteiger partial charge in [0.1, 0.15) is 11.9 Å². The van der Waals surface area contributed by atoms with Gasteiger partial charge in [-0.25, -0.2) is 9.28 Å². The summed E-state index contributed by atoms with van der Waals surface area (Å²) in [5.41, 5.74) is 0.744. The molecule has 1 aromatic carbocycles. The minimum atomic E-state index is -0.407. The molecule has 1 aromatic rings. The highest BCUT2D eigenvalue weighted by Gasteiger charge is 2.03. The van der Waals surface area contributed by atoms with Crippen molar-refractivity contribution in [3.05, 3.63) is 35.6 Å². The highest BCUT2D eigenvalue weighted by atomic mass is 19.1. The molecule has 1 unspecified atom stereocenters. The van der Waals surface area contributed by atoms with Gasteiger partial charge in [0, 0.05) is 0 Å². The fourth-order valence-electron chi connectivity index (χ4n) is 0.795. The smallest absolute Gasteiger partial charge is 0.123 e. The van der Waals surface area contributed by atoms with Gasteiger partial charge in [0.2, 0.25) is 0 Å². The molecule has 0 aromatic heterocycles. The van der Waals surface area contributed by atoms with Crippen LogP contribution in [0.25, 0.3) is 0 Å². The molecule has 60 valence electrons. The molecule has 0 spiro atoms. The molecule has 0 fully saturated rings. The maximum absolute atomic E-state index is 12.4. The summed E-state index contributed by atoms with van der Waals surface area (Å²) in [6, 6.07) is 5.78. The molecule has 3 heteroatoms. The molecule has 0 aliphatic heterocycles. The van der Waals surface area contributed by atoms with E-state index in [9.17, 15) is 4.39 Å². The molecule has 1 rings (SSSR count). The zero-order chi connectivity index (χ0) is 8.27. The molecular weight excluding hydrogens is 147 g/mol. The lowest BCUT2D eigenvalue weighted by atomic mass is 10.1. The van der Waals surface area contributed by atoms with Gasteiger partial charge >= 0.3 is 0 Å². The van der Waals surface area contributed by atoms with E-state index in [2.05, 4.69) is 4.89 Å². The van der Waals surface area contributed by atoms with Gasteiger partial charge in [0.05, 0.1) is 0 Å². The van der Waals surface area contributed by atoms with Gasteiger partial charge in [-0.05, 0) is 24.6 Å². The second-order valence-electron chi connectivity index (χ2n) is 2.30. The van der Waals surface area contributed by atoms with Gasteiger partial charge < -0.3 is 0 Å². The first-order chi connectivity index (χ1) is 5.24. The van der Waals surface area contributed by atoms with Gasteiger partial charge in [-0.15, -0.1) is 0 Å². The van der Waals surface area contributed by atoms with Crippen LogP contribution in [-0.2, 0) is 4.89 Å². The third-order valence-electron chi connectivity index (χ3n) is 1.50. The van der Waals surface area contributed by atoms with Gasteiger partial charge in [0.15, 0.2) is 0 Å². The first-order valence-electron chi connectivity index (χ1n) is 3.29. The van der Waals surface area contributed by atoms with E-state index in [1.54, 1.807) is 19.1 Å². The standard InChI is InChI=1S/C8H9FO2/c1-6(11-10)7-2-4-8(9)5-3-7/h2-6,10H,1H3. The van der Waals surface area contributed by atoms with Gasteiger partial charge in [-0.3, -0.25) is 5.26 Å². The first kappa shape index (κ1) is 8.17. The molecule has 2 nitrogen and oxygen atoms in total. The average molecular weight is 156 g/mol. The van der Waals surface area contributed by atoms with E-state index < -0.39 is 6.10 Å². The fourth-order valence-corrected chi connectivity index (χ4v) is 0.795. The Morgan fingerprint density at radius 2 is 1.91 bits per heavy atom. The normalized spacial score (nSPS) is 13.0. The Morgan fingerprint density at radius 1 is 1.36 bits per heavy atom. The van der Waals surface area contributed by atoms with Crippen LogP contribution in [0.5, 0.6) is 0 Å². The molecule has 0 aliphatic rings. The van der Waals surface area contributed by atoms with E-state index in [-0.39, 0.29) is 5.82 Å². The lowest BCUT2D eigenvalue weighted by Crippen LogP contribution is -1.95. The van der Waals surface area contributed by atoms with Crippen LogP contribution < -0.4 is 0 Å². The van der Waals surface area contributed by atoms with Crippen LogP contribution in [0, 0.1) is 5.82 Å². The minimum absolute atomic E-state index is 0.293. The van der Waals surface area contributed by atoms with Crippen molar-refractivity contribution >= 4 is 0 Å². The molecule has 0 radical (unpaired) electrons. The van der Waals surface area contributed by atoms with Crippen LogP contribution >= 0.6 is 0 Å². The van der Waals surface area contributed by atoms with Crippen LogP contribution in [0.1, 0.15) is 18.6 Å². The van der Waals surface area contributed by atoms with E-state index in [0.717, 1.165) is 5.56 Å². The van der Waals surface area contributed by atoms with Gasteiger partial charge in [-0.2, -0.15) is 0 Å². The Morgan fingerprint density at radius 3 is 2.36 bits per heavy atom. The van der Waals surface area contributed by atoms with Crippen molar-refractivity contribution in [2.75, 3.05) is 0 Å². The third kappa shape index (κ3) is 2.00. The van der Waals surface area contributed by atoms with Crippen molar-refractivity contribution in [2.24, 2.45) is 0 Å². The molecular formula is C8H9FO2. The summed E-state index contributed by atoms with van der Waals surface area (Å²) in [7, 11) is 0. The van der Waals surface area contributed by atoms with Crippen LogP contribution in [0.2, 0.25) is 0 Å². The Bertz CT molecular complexity index is 220. The number of rotatable bonds is 2. The molecule has 0 amide bonds. The molecule has 11 heavy (non-hydrogen) atoms. The molecule has 1 atom stereocenters. The van der Waals surface area contributed by atoms with Gasteiger partial charge in [-0.1, -0.05) is 12.1 Å². The van der Waals surface area contributed by atoms with E-state index in [1.165, 1.54) is 12.1 Å². The number of hydrogen-bond acceptors (Lipinski definition) is 2. The lowest BCUT2D eigenvalue weighted by molar-refractivity contribution is -0.277. The summed E-state index contributed by atoms with van der Waals surface area (Å²) in [5, 5.41) is 8.26. The van der Waals surface area contributed by atoms with E-state index in [1.807, 2.05) is 0 Å². The van der Waals surface area contributed by atoms with Crippen LogP contribution in [0.3, 0.4) is 0 Å². The topological polar surface area (TPSA) is 29.5 Å². The zero-order valence-electron chi connectivity index (χ0n) is 6.12. The lowest BCUT2D eigenvalue weighted by Gasteiger charge is -2.05. The molecule has 0 saturated carbocycles. The predicted octanol–water partition coefficient (Wildman–Crippen LogP) is 2.38. The Hall–Kier alpha value is -0.930. The van der Waals surface area contributed by atoms with E-state index >= 15 is 0 Å². The Kier molecular flexibility index (Phi) is 2.57. The SMILES string of the molecule is CC(OO)c1ccc(F)cc1. The monoisotopic (exact) mass is 156 g/mol. The maximum Gasteiger partial charge on any atom is 0.123 e. The number of hydrogen-bond donors (Lipinski definition) is 1. The fraction of sp³-hybridized carbons (Fsp3) is 0.250. The highest BCUT2D eigenvalue weighted by molar-refractivity contribution is 5.17. The van der Waals surface area contributed by atoms with Crippen molar-refractivity contribution in [1.82, 2.24) is 0 Å². The summed E-state index contributed by atoms with van der Waals surface area (Å²) in [6.07, 6.45) is -0.407. The van der Waals surface area contributed by atoms with Crippen LogP contribution in [-0.4, -0.2) is 5.26 Å². The maximum atomic E-state index is 12.4. The van der Waals surface area contributed by atoms with Crippen LogP contribution in [0.15, 0.2) is 24.3 Å². The summed E-state index contributed by atoms with van der Waals surface area (Å²) >= 11 is 0. The van der Waals surface area contributed by atoms with Crippen molar-refractivity contribution < 1.29 is 14.5 Å². The van der Waals surface area contributed by atoms with E-state index in [4.69, 9.17) is 5.26 Å². The summed E-state index contributed by atoms with van der Waals surface area (Å²) < 4.78 is 12.4. The highest BCUT2D eigenvalue weighted by Crippen LogP contribution is 2.14. The first-order valence-corrected chi connectivity index (χ1v) is 3.29. The Balaban J connectivity index is 2.81. The van der Waals surface area contributed by atoms with Crippen molar-refractivity contribution in [3.63, 3.8) is 0 Å².